The van der Waals surface area contributed by atoms with E-state index in [2.05, 4.69) is 21.2 Å². The first kappa shape index (κ1) is 15.7. The molecule has 0 spiro atoms. The fourth-order valence-electron chi connectivity index (χ4n) is 1.92. The molecule has 1 rings (SSSR count). The van der Waals surface area contributed by atoms with Crippen molar-refractivity contribution in [3.63, 3.8) is 0 Å². The number of carbonyl (C=O) groups excluding carboxylic acids is 1. The highest BCUT2D eigenvalue weighted by Gasteiger charge is 2.36. The topological polar surface area (TPSA) is 66.4 Å². The Morgan fingerprint density at radius 3 is 2.37 bits per heavy atom. The van der Waals surface area contributed by atoms with Crippen LogP contribution in [0, 0.1) is 6.92 Å². The van der Waals surface area contributed by atoms with Crippen molar-refractivity contribution < 1.29 is 14.7 Å². The van der Waals surface area contributed by atoms with Crippen LogP contribution in [0.5, 0.6) is 0 Å². The van der Waals surface area contributed by atoms with Crippen molar-refractivity contribution in [2.45, 2.75) is 39.2 Å². The average Bonchev–Trinajstić information content (AvgIpc) is 2.38. The average molecular weight is 328 g/mol. The van der Waals surface area contributed by atoms with Gasteiger partial charge in [-0.1, -0.05) is 35.8 Å². The van der Waals surface area contributed by atoms with Crippen molar-refractivity contribution in [2.24, 2.45) is 0 Å². The first-order valence-corrected chi connectivity index (χ1v) is 6.98. The third kappa shape index (κ3) is 3.15. The third-order valence-corrected chi connectivity index (χ3v) is 4.34. The van der Waals surface area contributed by atoms with Gasteiger partial charge in [0.1, 0.15) is 5.54 Å². The Morgan fingerprint density at radius 1 is 1.32 bits per heavy atom. The van der Waals surface area contributed by atoms with Crippen molar-refractivity contribution in [2.75, 3.05) is 0 Å². The zero-order valence-corrected chi connectivity index (χ0v) is 12.9. The van der Waals surface area contributed by atoms with Gasteiger partial charge in [-0.25, -0.2) is 4.79 Å². The maximum atomic E-state index is 12.3. The van der Waals surface area contributed by atoms with Crippen LogP contribution in [-0.2, 0) is 4.79 Å². The summed E-state index contributed by atoms with van der Waals surface area (Å²) < 4.78 is 0.828. The Hall–Kier alpha value is -1.36. The molecule has 0 aliphatic rings. The van der Waals surface area contributed by atoms with Gasteiger partial charge in [0.25, 0.3) is 5.91 Å². The van der Waals surface area contributed by atoms with E-state index in [0.717, 1.165) is 10.0 Å². The summed E-state index contributed by atoms with van der Waals surface area (Å²) in [5.41, 5.74) is 0.0830. The van der Waals surface area contributed by atoms with Crippen molar-refractivity contribution in [3.05, 3.63) is 33.8 Å². The smallest absolute Gasteiger partial charge is 0.329 e. The molecule has 1 aromatic carbocycles. The Bertz CT molecular complexity index is 495. The number of benzene rings is 1. The second-order valence-electron chi connectivity index (χ2n) is 4.46. The number of rotatable bonds is 5. The molecule has 19 heavy (non-hydrogen) atoms. The van der Waals surface area contributed by atoms with E-state index < -0.39 is 11.5 Å². The predicted molar refractivity (Wildman–Crippen MR) is 77.3 cm³/mol. The lowest BCUT2D eigenvalue weighted by Crippen LogP contribution is -2.53. The lowest BCUT2D eigenvalue weighted by atomic mass is 9.92. The van der Waals surface area contributed by atoms with Gasteiger partial charge in [-0.15, -0.1) is 0 Å². The molecule has 0 saturated heterocycles. The van der Waals surface area contributed by atoms with Crippen molar-refractivity contribution in [3.8, 4) is 0 Å². The Morgan fingerprint density at radius 2 is 1.89 bits per heavy atom. The molecule has 0 aromatic heterocycles. The van der Waals surface area contributed by atoms with E-state index in [4.69, 9.17) is 0 Å². The van der Waals surface area contributed by atoms with Crippen molar-refractivity contribution >= 4 is 27.8 Å². The Labute approximate surface area is 121 Å². The molecule has 0 aliphatic heterocycles. The fraction of sp³-hybridized carbons (Fsp3) is 0.429. The molecule has 0 saturated carbocycles. The molecule has 104 valence electrons. The summed E-state index contributed by atoms with van der Waals surface area (Å²) in [5.74, 6) is -1.36. The molecule has 5 heteroatoms. The third-order valence-electron chi connectivity index (χ3n) is 3.48. The van der Waals surface area contributed by atoms with Crippen LogP contribution in [0.1, 0.15) is 42.6 Å². The van der Waals surface area contributed by atoms with Gasteiger partial charge in [0, 0.05) is 10.0 Å². The minimum absolute atomic E-state index is 0.345. The van der Waals surface area contributed by atoms with E-state index in [9.17, 15) is 14.7 Å². The quantitative estimate of drug-likeness (QED) is 0.873. The normalized spacial score (nSPS) is 11.2. The van der Waals surface area contributed by atoms with Gasteiger partial charge in [0.2, 0.25) is 0 Å². The summed E-state index contributed by atoms with van der Waals surface area (Å²) in [4.78, 5) is 23.6. The maximum absolute atomic E-state index is 12.3. The largest absolute Gasteiger partial charge is 0.480 e. The zero-order chi connectivity index (χ0) is 14.6. The standard InChI is InChI=1S/C14H18BrNO3/c1-4-14(5-2,13(18)19)16-12(17)10-7-6-8-11(15)9(10)3/h6-8H,4-5H2,1-3H3,(H,16,17)(H,18,19). The number of aliphatic carboxylic acids is 1. The molecule has 1 aromatic rings. The fourth-order valence-corrected chi connectivity index (χ4v) is 2.29. The van der Waals surface area contributed by atoms with Gasteiger partial charge in [0.15, 0.2) is 0 Å². The molecular formula is C14H18BrNO3. The van der Waals surface area contributed by atoms with E-state index in [0.29, 0.717) is 18.4 Å². The van der Waals surface area contributed by atoms with Crippen LogP contribution in [0.2, 0.25) is 0 Å². The van der Waals surface area contributed by atoms with Gasteiger partial charge in [-0.05, 0) is 37.5 Å². The molecule has 4 nitrogen and oxygen atoms in total. The number of nitrogens with one attached hydrogen (secondary N) is 1. The van der Waals surface area contributed by atoms with Crippen molar-refractivity contribution in [1.82, 2.24) is 5.32 Å². The highest BCUT2D eigenvalue weighted by Crippen LogP contribution is 2.21. The van der Waals surface area contributed by atoms with Crippen LogP contribution >= 0.6 is 15.9 Å². The minimum Gasteiger partial charge on any atom is -0.480 e. The lowest BCUT2D eigenvalue weighted by molar-refractivity contribution is -0.144. The molecule has 0 fully saturated rings. The van der Waals surface area contributed by atoms with Gasteiger partial charge < -0.3 is 10.4 Å². The highest BCUT2D eigenvalue weighted by atomic mass is 79.9. The first-order chi connectivity index (χ1) is 8.88. The second-order valence-corrected chi connectivity index (χ2v) is 5.32. The van der Waals surface area contributed by atoms with E-state index in [-0.39, 0.29) is 5.91 Å². The summed E-state index contributed by atoms with van der Waals surface area (Å²) >= 11 is 3.36. The SMILES string of the molecule is CCC(CC)(NC(=O)c1cccc(Br)c1C)C(=O)O. The van der Waals surface area contributed by atoms with Crippen LogP contribution in [0.25, 0.3) is 0 Å². The minimum atomic E-state index is -1.20. The van der Waals surface area contributed by atoms with Crippen LogP contribution in [-0.4, -0.2) is 22.5 Å². The highest BCUT2D eigenvalue weighted by molar-refractivity contribution is 9.10. The van der Waals surface area contributed by atoms with Gasteiger partial charge >= 0.3 is 5.97 Å². The Balaban J connectivity index is 3.08. The van der Waals surface area contributed by atoms with E-state index in [1.54, 1.807) is 26.0 Å². The summed E-state index contributed by atoms with van der Waals surface area (Å²) in [6.45, 7) is 5.33. The zero-order valence-electron chi connectivity index (χ0n) is 11.3. The number of carbonyl (C=O) groups is 2. The molecule has 0 unspecified atom stereocenters. The summed E-state index contributed by atoms with van der Waals surface area (Å²) in [6.07, 6.45) is 0.690. The molecule has 0 bridgehead atoms. The first-order valence-electron chi connectivity index (χ1n) is 6.19. The van der Waals surface area contributed by atoms with Crippen LogP contribution in [0.3, 0.4) is 0 Å². The number of halogens is 1. The summed E-state index contributed by atoms with van der Waals surface area (Å²) in [5, 5.41) is 12.0. The predicted octanol–water partition coefficient (Wildman–Crippen LogP) is 3.13. The monoisotopic (exact) mass is 327 g/mol. The number of hydrogen-bond acceptors (Lipinski definition) is 2. The maximum Gasteiger partial charge on any atom is 0.329 e. The second kappa shape index (κ2) is 6.19. The van der Waals surface area contributed by atoms with Crippen LogP contribution in [0.4, 0.5) is 0 Å². The van der Waals surface area contributed by atoms with Crippen LogP contribution in [0.15, 0.2) is 22.7 Å². The van der Waals surface area contributed by atoms with Gasteiger partial charge in [0.05, 0.1) is 0 Å². The number of carboxylic acid groups (broad SMARTS) is 1. The van der Waals surface area contributed by atoms with E-state index in [1.165, 1.54) is 0 Å². The van der Waals surface area contributed by atoms with E-state index in [1.807, 2.05) is 13.0 Å². The molecule has 0 radical (unpaired) electrons. The van der Waals surface area contributed by atoms with E-state index >= 15 is 0 Å². The number of hydrogen-bond donors (Lipinski definition) is 2. The molecule has 0 aliphatic carbocycles. The molecular weight excluding hydrogens is 310 g/mol. The number of carboxylic acids is 1. The molecule has 0 heterocycles. The molecule has 0 atom stereocenters. The van der Waals surface area contributed by atoms with Gasteiger partial charge in [-0.2, -0.15) is 0 Å². The summed E-state index contributed by atoms with van der Waals surface area (Å²) in [7, 11) is 0. The summed E-state index contributed by atoms with van der Waals surface area (Å²) in [6, 6.07) is 5.29. The van der Waals surface area contributed by atoms with Crippen LogP contribution < -0.4 is 5.32 Å². The molecule has 2 N–H and O–H groups in total. The lowest BCUT2D eigenvalue weighted by Gasteiger charge is -2.28. The molecule has 1 amide bonds. The van der Waals surface area contributed by atoms with Crippen molar-refractivity contribution in [1.29, 1.82) is 0 Å². The number of amides is 1. The Kier molecular flexibility index (Phi) is 5.11. The van der Waals surface area contributed by atoms with Gasteiger partial charge in [-0.3, -0.25) is 4.79 Å².